The minimum atomic E-state index is -0.585. The van der Waals surface area contributed by atoms with Crippen LogP contribution in [0.1, 0.15) is 25.3 Å². The van der Waals surface area contributed by atoms with E-state index in [1.807, 2.05) is 13.8 Å². The molecule has 0 amide bonds. The number of phenols is 1. The topological polar surface area (TPSA) is 20.2 Å². The van der Waals surface area contributed by atoms with Crippen LogP contribution in [0.2, 0.25) is 5.02 Å². The smallest absolute Gasteiger partial charge is 0.145 e. The van der Waals surface area contributed by atoms with E-state index in [2.05, 4.69) is 0 Å². The summed E-state index contributed by atoms with van der Waals surface area (Å²) in [5.41, 5.74) is 0.668. The summed E-state index contributed by atoms with van der Waals surface area (Å²) in [5, 5.41) is 9.34. The Morgan fingerprint density at radius 1 is 1.42 bits per heavy atom. The van der Waals surface area contributed by atoms with Gasteiger partial charge in [-0.2, -0.15) is 0 Å². The Labute approximate surface area is 75.8 Å². The van der Waals surface area contributed by atoms with Crippen molar-refractivity contribution in [3.8, 4) is 5.75 Å². The fourth-order valence-corrected chi connectivity index (χ4v) is 1.19. The van der Waals surface area contributed by atoms with Crippen molar-refractivity contribution in [1.29, 1.82) is 0 Å². The average Bonchev–Trinajstić information content (AvgIpc) is 1.96. The molecule has 0 saturated carbocycles. The molecule has 1 rings (SSSR count). The zero-order valence-electron chi connectivity index (χ0n) is 6.94. The van der Waals surface area contributed by atoms with Crippen LogP contribution in [0.15, 0.2) is 12.1 Å². The molecule has 0 saturated heterocycles. The van der Waals surface area contributed by atoms with E-state index in [1.54, 1.807) is 0 Å². The number of hydrogen-bond donors (Lipinski definition) is 1. The van der Waals surface area contributed by atoms with Gasteiger partial charge in [-0.3, -0.25) is 0 Å². The molecule has 3 heteroatoms. The van der Waals surface area contributed by atoms with Crippen molar-refractivity contribution in [2.75, 3.05) is 0 Å². The molecule has 1 aromatic rings. The third-order valence-electron chi connectivity index (χ3n) is 1.69. The largest absolute Gasteiger partial charge is 0.508 e. The zero-order chi connectivity index (χ0) is 9.30. The molecule has 0 aliphatic carbocycles. The lowest BCUT2D eigenvalue weighted by Crippen LogP contribution is -1.89. The molecule has 0 unspecified atom stereocenters. The van der Waals surface area contributed by atoms with Crippen LogP contribution in [0.3, 0.4) is 0 Å². The second kappa shape index (κ2) is 3.31. The minimum Gasteiger partial charge on any atom is -0.508 e. The quantitative estimate of drug-likeness (QED) is 0.717. The number of hydrogen-bond acceptors (Lipinski definition) is 1. The van der Waals surface area contributed by atoms with Crippen molar-refractivity contribution < 1.29 is 9.50 Å². The van der Waals surface area contributed by atoms with Crippen LogP contribution in [-0.2, 0) is 0 Å². The SMILES string of the molecule is CC(C)c1cc(Cl)c(F)cc1O. The molecule has 12 heavy (non-hydrogen) atoms. The maximum atomic E-state index is 12.7. The van der Waals surface area contributed by atoms with Crippen LogP contribution in [0.4, 0.5) is 4.39 Å². The maximum Gasteiger partial charge on any atom is 0.145 e. The molecule has 0 radical (unpaired) electrons. The molecule has 0 spiro atoms. The molecule has 0 bridgehead atoms. The Morgan fingerprint density at radius 2 is 2.00 bits per heavy atom. The predicted octanol–water partition coefficient (Wildman–Crippen LogP) is 3.31. The van der Waals surface area contributed by atoms with Gasteiger partial charge >= 0.3 is 0 Å². The van der Waals surface area contributed by atoms with Gasteiger partial charge < -0.3 is 5.11 Å². The highest BCUT2D eigenvalue weighted by Gasteiger charge is 2.09. The molecular formula is C9H10ClFO. The lowest BCUT2D eigenvalue weighted by atomic mass is 10.0. The van der Waals surface area contributed by atoms with Crippen LogP contribution in [0.5, 0.6) is 5.75 Å². The van der Waals surface area contributed by atoms with E-state index in [0.717, 1.165) is 6.07 Å². The van der Waals surface area contributed by atoms with Crippen molar-refractivity contribution in [3.63, 3.8) is 0 Å². The van der Waals surface area contributed by atoms with Gasteiger partial charge in [0.05, 0.1) is 5.02 Å². The molecule has 0 heterocycles. The summed E-state index contributed by atoms with van der Waals surface area (Å²) in [6, 6.07) is 2.49. The Morgan fingerprint density at radius 3 is 2.50 bits per heavy atom. The summed E-state index contributed by atoms with van der Waals surface area (Å²) in [7, 11) is 0. The van der Waals surface area contributed by atoms with Gasteiger partial charge in [-0.05, 0) is 17.5 Å². The second-order valence-electron chi connectivity index (χ2n) is 2.98. The third-order valence-corrected chi connectivity index (χ3v) is 1.98. The molecule has 1 N–H and O–H groups in total. The van der Waals surface area contributed by atoms with E-state index in [-0.39, 0.29) is 16.7 Å². The molecule has 0 fully saturated rings. The van der Waals surface area contributed by atoms with Crippen LogP contribution < -0.4 is 0 Å². The first kappa shape index (κ1) is 9.33. The first-order chi connectivity index (χ1) is 5.52. The third kappa shape index (κ3) is 1.69. The standard InChI is InChI=1S/C9H10ClFO/c1-5(2)6-3-7(10)8(11)4-9(6)12/h3-5,12H,1-2H3. The molecule has 0 aliphatic rings. The van der Waals surface area contributed by atoms with Gasteiger partial charge in [0.1, 0.15) is 11.6 Å². The minimum absolute atomic E-state index is 0.0353. The Bertz CT molecular complexity index is 297. The molecule has 1 aromatic carbocycles. The number of rotatable bonds is 1. The summed E-state index contributed by atoms with van der Waals surface area (Å²) >= 11 is 5.54. The van der Waals surface area contributed by atoms with Crippen molar-refractivity contribution in [2.45, 2.75) is 19.8 Å². The molecule has 66 valence electrons. The fourth-order valence-electron chi connectivity index (χ4n) is 1.01. The highest BCUT2D eigenvalue weighted by atomic mass is 35.5. The molecule has 0 aliphatic heterocycles. The monoisotopic (exact) mass is 188 g/mol. The van der Waals surface area contributed by atoms with E-state index >= 15 is 0 Å². The van der Waals surface area contributed by atoms with Gasteiger partial charge in [-0.15, -0.1) is 0 Å². The Hall–Kier alpha value is -0.760. The van der Waals surface area contributed by atoms with E-state index in [4.69, 9.17) is 11.6 Å². The molecule has 0 aromatic heterocycles. The summed E-state index contributed by atoms with van der Waals surface area (Å²) < 4.78 is 12.7. The number of benzene rings is 1. The van der Waals surface area contributed by atoms with E-state index in [9.17, 15) is 9.50 Å². The Kier molecular flexibility index (Phi) is 2.58. The summed E-state index contributed by atoms with van der Waals surface area (Å²) in [6.07, 6.45) is 0. The first-order valence-electron chi connectivity index (χ1n) is 3.70. The zero-order valence-corrected chi connectivity index (χ0v) is 7.69. The van der Waals surface area contributed by atoms with Crippen molar-refractivity contribution >= 4 is 11.6 Å². The van der Waals surface area contributed by atoms with Gasteiger partial charge in [0.2, 0.25) is 0 Å². The predicted molar refractivity (Wildman–Crippen MR) is 47.2 cm³/mol. The maximum absolute atomic E-state index is 12.7. The summed E-state index contributed by atoms with van der Waals surface area (Å²) in [5.74, 6) is -0.478. The van der Waals surface area contributed by atoms with Crippen LogP contribution in [-0.4, -0.2) is 5.11 Å². The first-order valence-corrected chi connectivity index (χ1v) is 4.08. The molecule has 1 nitrogen and oxygen atoms in total. The molecular weight excluding hydrogens is 179 g/mol. The van der Waals surface area contributed by atoms with E-state index in [0.29, 0.717) is 5.56 Å². The van der Waals surface area contributed by atoms with E-state index in [1.165, 1.54) is 6.07 Å². The van der Waals surface area contributed by atoms with Gasteiger partial charge in [-0.25, -0.2) is 4.39 Å². The van der Waals surface area contributed by atoms with Crippen molar-refractivity contribution in [1.82, 2.24) is 0 Å². The second-order valence-corrected chi connectivity index (χ2v) is 3.39. The van der Waals surface area contributed by atoms with Gasteiger partial charge in [0.25, 0.3) is 0 Å². The van der Waals surface area contributed by atoms with E-state index < -0.39 is 5.82 Å². The normalized spacial score (nSPS) is 10.8. The lowest BCUT2D eigenvalue weighted by Gasteiger charge is -2.08. The number of halogens is 2. The highest BCUT2D eigenvalue weighted by Crippen LogP contribution is 2.30. The van der Waals surface area contributed by atoms with Gasteiger partial charge in [0.15, 0.2) is 0 Å². The van der Waals surface area contributed by atoms with Crippen molar-refractivity contribution in [3.05, 3.63) is 28.5 Å². The fraction of sp³-hybridized carbons (Fsp3) is 0.333. The van der Waals surface area contributed by atoms with Gasteiger partial charge in [0, 0.05) is 6.07 Å². The van der Waals surface area contributed by atoms with Gasteiger partial charge in [-0.1, -0.05) is 25.4 Å². The van der Waals surface area contributed by atoms with Crippen LogP contribution >= 0.6 is 11.6 Å². The van der Waals surface area contributed by atoms with Crippen LogP contribution in [0.25, 0.3) is 0 Å². The Balaban J connectivity index is 3.23. The highest BCUT2D eigenvalue weighted by molar-refractivity contribution is 6.30. The summed E-state index contributed by atoms with van der Waals surface area (Å²) in [6.45, 7) is 3.81. The lowest BCUT2D eigenvalue weighted by molar-refractivity contribution is 0.458. The number of aromatic hydroxyl groups is 1. The molecule has 0 atom stereocenters. The van der Waals surface area contributed by atoms with Crippen LogP contribution in [0, 0.1) is 5.82 Å². The van der Waals surface area contributed by atoms with Crippen molar-refractivity contribution in [2.24, 2.45) is 0 Å². The number of phenolic OH excluding ortho intramolecular Hbond substituents is 1. The average molecular weight is 189 g/mol. The summed E-state index contributed by atoms with van der Waals surface area (Å²) in [4.78, 5) is 0.